The van der Waals surface area contributed by atoms with Gasteiger partial charge in [0.15, 0.2) is 5.11 Å². The third kappa shape index (κ3) is 2.04. The van der Waals surface area contributed by atoms with Gasteiger partial charge in [0.2, 0.25) is 0 Å². The molecule has 3 nitrogen and oxygen atoms in total. The van der Waals surface area contributed by atoms with Gasteiger partial charge in [-0.3, -0.25) is 0 Å². The van der Waals surface area contributed by atoms with Crippen molar-refractivity contribution in [3.8, 4) is 0 Å². The lowest BCUT2D eigenvalue weighted by Crippen LogP contribution is -2.57. The molecule has 0 atom stereocenters. The third-order valence-electron chi connectivity index (χ3n) is 1.80. The van der Waals surface area contributed by atoms with Crippen LogP contribution in [0, 0.1) is 0 Å². The van der Waals surface area contributed by atoms with Gasteiger partial charge in [-0.25, -0.2) is 0 Å². The minimum atomic E-state index is 0.381. The highest BCUT2D eigenvalue weighted by Crippen LogP contribution is 2.09. The molecule has 1 rings (SSSR count). The fourth-order valence-corrected chi connectivity index (χ4v) is 1.31. The molecule has 0 aromatic carbocycles. The van der Waals surface area contributed by atoms with Crippen molar-refractivity contribution in [2.24, 2.45) is 0 Å². The maximum absolute atomic E-state index is 5.12. The minimum absolute atomic E-state index is 0.381. The van der Waals surface area contributed by atoms with Crippen molar-refractivity contribution < 1.29 is 4.74 Å². The van der Waals surface area contributed by atoms with E-state index in [9.17, 15) is 0 Å². The Kier molecular flexibility index (Phi) is 3.08. The van der Waals surface area contributed by atoms with Crippen molar-refractivity contribution >= 4 is 17.3 Å². The van der Waals surface area contributed by atoms with Crippen LogP contribution in [0.4, 0.5) is 0 Å². The average molecular weight is 174 g/mol. The first kappa shape index (κ1) is 8.74. The number of nitrogens with one attached hydrogen (secondary N) is 1. The van der Waals surface area contributed by atoms with Gasteiger partial charge < -0.3 is 15.0 Å². The number of likely N-dealkylation sites (tertiary alicyclic amines) is 1. The van der Waals surface area contributed by atoms with Gasteiger partial charge in [-0.2, -0.15) is 0 Å². The molecule has 1 saturated heterocycles. The van der Waals surface area contributed by atoms with Crippen LogP contribution in [0.5, 0.6) is 0 Å². The van der Waals surface area contributed by atoms with E-state index >= 15 is 0 Å². The molecule has 1 fully saturated rings. The second-order valence-corrected chi connectivity index (χ2v) is 2.98. The van der Waals surface area contributed by atoms with Gasteiger partial charge in [0, 0.05) is 26.7 Å². The van der Waals surface area contributed by atoms with Gasteiger partial charge in [0.05, 0.1) is 6.10 Å². The Hall–Kier alpha value is -0.350. The van der Waals surface area contributed by atoms with Crippen molar-refractivity contribution in [3.05, 3.63) is 0 Å². The summed E-state index contributed by atoms with van der Waals surface area (Å²) in [5, 5.41) is 3.94. The fraction of sp³-hybridized carbons (Fsp3) is 0.857. The first-order valence-electron chi connectivity index (χ1n) is 3.83. The summed E-state index contributed by atoms with van der Waals surface area (Å²) in [6.45, 7) is 4.80. The molecule has 1 aliphatic rings. The van der Waals surface area contributed by atoms with Crippen LogP contribution in [-0.2, 0) is 4.74 Å². The Balaban J connectivity index is 2.16. The van der Waals surface area contributed by atoms with E-state index in [0.717, 1.165) is 24.7 Å². The van der Waals surface area contributed by atoms with Crippen LogP contribution in [0.1, 0.15) is 6.92 Å². The first-order valence-corrected chi connectivity index (χ1v) is 4.24. The topological polar surface area (TPSA) is 24.5 Å². The number of thiocarbonyl (C=S) groups is 1. The summed E-state index contributed by atoms with van der Waals surface area (Å²) in [5.74, 6) is 0. The number of nitrogens with zero attached hydrogens (tertiary/aromatic N) is 1. The summed E-state index contributed by atoms with van der Waals surface area (Å²) >= 11 is 5.09. The van der Waals surface area contributed by atoms with Gasteiger partial charge in [0.25, 0.3) is 0 Å². The lowest BCUT2D eigenvalue weighted by atomic mass is 10.2. The Morgan fingerprint density at radius 1 is 1.73 bits per heavy atom. The lowest BCUT2D eigenvalue weighted by Gasteiger charge is -2.39. The van der Waals surface area contributed by atoms with Crippen LogP contribution in [0.2, 0.25) is 0 Å². The molecule has 0 spiro atoms. The summed E-state index contributed by atoms with van der Waals surface area (Å²) < 4.78 is 5.12. The zero-order chi connectivity index (χ0) is 8.27. The van der Waals surface area contributed by atoms with Crippen molar-refractivity contribution in [3.63, 3.8) is 0 Å². The molecular weight excluding hydrogens is 160 g/mol. The zero-order valence-electron chi connectivity index (χ0n) is 6.96. The molecule has 0 saturated carbocycles. The molecule has 64 valence electrons. The Morgan fingerprint density at radius 2 is 2.36 bits per heavy atom. The summed E-state index contributed by atoms with van der Waals surface area (Å²) in [6.07, 6.45) is 0.381. The second kappa shape index (κ2) is 3.88. The predicted molar refractivity (Wildman–Crippen MR) is 48.6 cm³/mol. The molecule has 0 aliphatic carbocycles. The van der Waals surface area contributed by atoms with Crippen LogP contribution in [0.15, 0.2) is 0 Å². The number of hydrogen-bond acceptors (Lipinski definition) is 2. The van der Waals surface area contributed by atoms with Crippen LogP contribution in [0.25, 0.3) is 0 Å². The molecule has 0 radical (unpaired) electrons. The van der Waals surface area contributed by atoms with E-state index in [1.807, 2.05) is 6.92 Å². The molecule has 1 heterocycles. The van der Waals surface area contributed by atoms with Gasteiger partial charge in [-0.05, 0) is 19.1 Å². The molecule has 0 amide bonds. The van der Waals surface area contributed by atoms with Crippen molar-refractivity contribution in [2.75, 3.05) is 26.7 Å². The van der Waals surface area contributed by atoms with E-state index in [0.29, 0.717) is 6.10 Å². The fourth-order valence-electron chi connectivity index (χ4n) is 1.02. The van der Waals surface area contributed by atoms with Crippen LogP contribution in [0.3, 0.4) is 0 Å². The molecule has 0 aromatic heterocycles. The largest absolute Gasteiger partial charge is 0.378 e. The minimum Gasteiger partial charge on any atom is -0.378 e. The van der Waals surface area contributed by atoms with Crippen molar-refractivity contribution in [1.82, 2.24) is 10.2 Å². The SMILES string of the molecule is CCNC(=S)N1CC(OC)C1. The quantitative estimate of drug-likeness (QED) is 0.605. The van der Waals surface area contributed by atoms with Gasteiger partial charge >= 0.3 is 0 Å². The molecule has 1 aliphatic heterocycles. The molecule has 0 aromatic rings. The van der Waals surface area contributed by atoms with E-state index in [1.54, 1.807) is 7.11 Å². The van der Waals surface area contributed by atoms with Gasteiger partial charge in [-0.1, -0.05) is 0 Å². The van der Waals surface area contributed by atoms with Gasteiger partial charge in [-0.15, -0.1) is 0 Å². The maximum Gasteiger partial charge on any atom is 0.169 e. The normalized spacial score (nSPS) is 17.8. The summed E-state index contributed by atoms with van der Waals surface area (Å²) in [4.78, 5) is 2.10. The van der Waals surface area contributed by atoms with Gasteiger partial charge in [0.1, 0.15) is 0 Å². The van der Waals surface area contributed by atoms with Crippen LogP contribution >= 0.6 is 12.2 Å². The molecular formula is C7H14N2OS. The number of rotatable bonds is 2. The van der Waals surface area contributed by atoms with Crippen molar-refractivity contribution in [2.45, 2.75) is 13.0 Å². The highest BCUT2D eigenvalue weighted by atomic mass is 32.1. The second-order valence-electron chi connectivity index (χ2n) is 2.60. The Bertz CT molecular complexity index is 145. The molecule has 4 heteroatoms. The number of ether oxygens (including phenoxy) is 1. The average Bonchev–Trinajstić information content (AvgIpc) is 1.86. The monoisotopic (exact) mass is 174 g/mol. The van der Waals surface area contributed by atoms with Crippen molar-refractivity contribution in [1.29, 1.82) is 0 Å². The predicted octanol–water partition coefficient (Wildman–Crippen LogP) is 0.211. The van der Waals surface area contributed by atoms with E-state index in [2.05, 4.69) is 10.2 Å². The number of hydrogen-bond donors (Lipinski definition) is 1. The summed E-state index contributed by atoms with van der Waals surface area (Å²) in [5.41, 5.74) is 0. The van der Waals surface area contributed by atoms with E-state index < -0.39 is 0 Å². The Labute approximate surface area is 72.7 Å². The maximum atomic E-state index is 5.12. The number of methoxy groups -OCH3 is 1. The molecule has 0 bridgehead atoms. The molecule has 0 unspecified atom stereocenters. The van der Waals surface area contributed by atoms with E-state index in [1.165, 1.54) is 0 Å². The van der Waals surface area contributed by atoms with Crippen LogP contribution in [-0.4, -0.2) is 42.9 Å². The third-order valence-corrected chi connectivity index (χ3v) is 2.20. The smallest absolute Gasteiger partial charge is 0.169 e. The lowest BCUT2D eigenvalue weighted by molar-refractivity contribution is 0.00553. The standard InChI is InChI=1S/C7H14N2OS/c1-3-8-7(11)9-4-6(5-9)10-2/h6H,3-5H2,1-2H3,(H,8,11). The molecule has 1 N–H and O–H groups in total. The summed E-state index contributed by atoms with van der Waals surface area (Å²) in [6, 6.07) is 0. The van der Waals surface area contributed by atoms with Crippen LogP contribution < -0.4 is 5.32 Å². The molecule has 11 heavy (non-hydrogen) atoms. The Morgan fingerprint density at radius 3 is 2.82 bits per heavy atom. The van der Waals surface area contributed by atoms with E-state index in [4.69, 9.17) is 17.0 Å². The highest BCUT2D eigenvalue weighted by molar-refractivity contribution is 7.80. The highest BCUT2D eigenvalue weighted by Gasteiger charge is 2.27. The zero-order valence-corrected chi connectivity index (χ0v) is 7.78. The first-order chi connectivity index (χ1) is 5.27. The van der Waals surface area contributed by atoms with E-state index in [-0.39, 0.29) is 0 Å². The summed E-state index contributed by atoms with van der Waals surface area (Å²) in [7, 11) is 1.73.